The molecule has 1 aromatic carbocycles. The molecule has 0 radical (unpaired) electrons. The lowest BCUT2D eigenvalue weighted by Crippen LogP contribution is -2.60. The third-order valence-electron chi connectivity index (χ3n) is 5.94. The van der Waals surface area contributed by atoms with Gasteiger partial charge in [-0.05, 0) is 43.2 Å². The Morgan fingerprint density at radius 1 is 1.08 bits per heavy atom. The summed E-state index contributed by atoms with van der Waals surface area (Å²) in [6, 6.07) is 8.48. The van der Waals surface area contributed by atoms with Gasteiger partial charge in [-0.3, -0.25) is 9.78 Å². The zero-order valence-electron chi connectivity index (χ0n) is 13.8. The molecule has 0 unspecified atom stereocenters. The van der Waals surface area contributed by atoms with Crippen LogP contribution in [-0.4, -0.2) is 46.5 Å². The Labute approximate surface area is 141 Å². The molecule has 4 heterocycles. The molecule has 3 aliphatic rings. The summed E-state index contributed by atoms with van der Waals surface area (Å²) in [5, 5.41) is 0. The minimum Gasteiger partial charge on any atom is -0.355 e. The van der Waals surface area contributed by atoms with Gasteiger partial charge < -0.3 is 9.80 Å². The van der Waals surface area contributed by atoms with Crippen LogP contribution >= 0.6 is 0 Å². The quantitative estimate of drug-likeness (QED) is 0.809. The van der Waals surface area contributed by atoms with E-state index < -0.39 is 0 Å². The van der Waals surface area contributed by atoms with Crippen molar-refractivity contribution in [2.45, 2.75) is 31.7 Å². The smallest absolute Gasteiger partial charge is 0.222 e. The molecular formula is C19H22N4O. The van der Waals surface area contributed by atoms with Crippen LogP contribution in [0.25, 0.3) is 11.0 Å². The molecule has 24 heavy (non-hydrogen) atoms. The highest BCUT2D eigenvalue weighted by atomic mass is 16.2. The predicted molar refractivity (Wildman–Crippen MR) is 92.7 cm³/mol. The van der Waals surface area contributed by atoms with E-state index in [0.717, 1.165) is 49.3 Å². The summed E-state index contributed by atoms with van der Waals surface area (Å²) in [6.45, 7) is 2.91. The molecule has 1 amide bonds. The molecule has 2 bridgehead atoms. The number of benzene rings is 1. The van der Waals surface area contributed by atoms with E-state index in [-0.39, 0.29) is 0 Å². The minimum atomic E-state index is 0.375. The number of para-hydroxylation sites is 2. The topological polar surface area (TPSA) is 49.3 Å². The molecule has 0 saturated carbocycles. The summed E-state index contributed by atoms with van der Waals surface area (Å²) >= 11 is 0. The van der Waals surface area contributed by atoms with Gasteiger partial charge in [0.1, 0.15) is 5.82 Å². The summed E-state index contributed by atoms with van der Waals surface area (Å²) < 4.78 is 0. The van der Waals surface area contributed by atoms with Gasteiger partial charge in [0.25, 0.3) is 0 Å². The number of hydrogen-bond donors (Lipinski definition) is 0. The van der Waals surface area contributed by atoms with E-state index in [2.05, 4.69) is 14.8 Å². The first-order chi connectivity index (χ1) is 11.8. The first kappa shape index (κ1) is 14.2. The third-order valence-corrected chi connectivity index (χ3v) is 5.94. The molecule has 0 N–H and O–H groups in total. The summed E-state index contributed by atoms with van der Waals surface area (Å²) in [7, 11) is 0. The van der Waals surface area contributed by atoms with Crippen molar-refractivity contribution < 1.29 is 4.79 Å². The van der Waals surface area contributed by atoms with Crippen molar-refractivity contribution in [2.24, 2.45) is 11.8 Å². The second kappa shape index (κ2) is 5.43. The van der Waals surface area contributed by atoms with Crippen molar-refractivity contribution in [3.63, 3.8) is 0 Å². The number of fused-ring (bicyclic) bond motifs is 5. The molecule has 124 valence electrons. The van der Waals surface area contributed by atoms with Crippen molar-refractivity contribution in [3.8, 4) is 0 Å². The number of nitrogens with zero attached hydrogens (tertiary/aromatic N) is 4. The van der Waals surface area contributed by atoms with Crippen molar-refractivity contribution >= 4 is 22.8 Å². The second-order valence-electron chi connectivity index (χ2n) is 7.49. The number of hydrogen-bond acceptors (Lipinski definition) is 4. The number of amides is 1. The van der Waals surface area contributed by atoms with Crippen LogP contribution in [0.2, 0.25) is 0 Å². The van der Waals surface area contributed by atoms with Gasteiger partial charge in [-0.25, -0.2) is 4.98 Å². The van der Waals surface area contributed by atoms with Gasteiger partial charge in [0, 0.05) is 32.1 Å². The van der Waals surface area contributed by atoms with E-state index in [0.29, 0.717) is 23.8 Å². The molecule has 0 spiro atoms. The Morgan fingerprint density at radius 2 is 1.96 bits per heavy atom. The summed E-state index contributed by atoms with van der Waals surface area (Å²) in [5.41, 5.74) is 1.91. The zero-order chi connectivity index (χ0) is 16.1. The second-order valence-corrected chi connectivity index (χ2v) is 7.49. The van der Waals surface area contributed by atoms with Gasteiger partial charge in [-0.15, -0.1) is 0 Å². The van der Waals surface area contributed by atoms with Gasteiger partial charge in [0.05, 0.1) is 17.2 Å². The molecule has 3 fully saturated rings. The Balaban J connectivity index is 1.43. The van der Waals surface area contributed by atoms with E-state index in [1.165, 1.54) is 12.8 Å². The fourth-order valence-electron chi connectivity index (χ4n) is 4.90. The lowest BCUT2D eigenvalue weighted by molar-refractivity contribution is -0.142. The number of piperidine rings is 3. The maximum Gasteiger partial charge on any atom is 0.222 e. The molecule has 3 atom stereocenters. The lowest BCUT2D eigenvalue weighted by Gasteiger charge is -2.52. The number of carbonyl (C=O) groups is 1. The lowest BCUT2D eigenvalue weighted by atomic mass is 9.76. The molecule has 5 heteroatoms. The van der Waals surface area contributed by atoms with Crippen LogP contribution in [0.15, 0.2) is 30.5 Å². The van der Waals surface area contributed by atoms with E-state index in [1.807, 2.05) is 30.5 Å². The highest BCUT2D eigenvalue weighted by Crippen LogP contribution is 2.38. The van der Waals surface area contributed by atoms with Crippen molar-refractivity contribution in [1.29, 1.82) is 0 Å². The number of carbonyl (C=O) groups excluding carboxylic acids is 1. The van der Waals surface area contributed by atoms with Crippen molar-refractivity contribution in [3.05, 3.63) is 30.5 Å². The van der Waals surface area contributed by atoms with Crippen LogP contribution in [0.4, 0.5) is 5.82 Å². The summed E-state index contributed by atoms with van der Waals surface area (Å²) in [4.78, 5) is 26.2. The van der Waals surface area contributed by atoms with E-state index >= 15 is 0 Å². The zero-order valence-corrected chi connectivity index (χ0v) is 13.8. The Hall–Kier alpha value is -2.17. The fourth-order valence-corrected chi connectivity index (χ4v) is 4.90. The molecular weight excluding hydrogens is 300 g/mol. The monoisotopic (exact) mass is 322 g/mol. The Bertz CT molecular complexity index is 792. The Kier molecular flexibility index (Phi) is 3.21. The van der Waals surface area contributed by atoms with E-state index in [1.54, 1.807) is 0 Å². The van der Waals surface area contributed by atoms with Crippen LogP contribution < -0.4 is 4.90 Å². The molecule has 0 aliphatic carbocycles. The first-order valence-electron chi connectivity index (χ1n) is 9.04. The normalized spacial score (nSPS) is 29.7. The SMILES string of the molecule is O=C1CCC[C@H]2[C@@H]3C[C@H](CN(c4cnc5ccccc5n4)C3)CN12. The van der Waals surface area contributed by atoms with Gasteiger partial charge in [-0.2, -0.15) is 0 Å². The Morgan fingerprint density at radius 3 is 2.88 bits per heavy atom. The average molecular weight is 322 g/mol. The molecule has 5 rings (SSSR count). The number of aromatic nitrogens is 2. The van der Waals surface area contributed by atoms with Gasteiger partial charge in [0.15, 0.2) is 0 Å². The number of anilines is 1. The maximum atomic E-state index is 12.2. The van der Waals surface area contributed by atoms with Crippen molar-refractivity contribution in [1.82, 2.24) is 14.9 Å². The standard InChI is InChI=1S/C19H22N4O/c24-19-7-3-6-17-14-8-13(11-23(17)19)10-22(12-14)18-9-20-15-4-1-2-5-16(15)21-18/h1-2,4-5,9,13-14,17H,3,6-8,10-12H2/t13-,14-,17+/m1/s1. The molecule has 3 saturated heterocycles. The maximum absolute atomic E-state index is 12.2. The van der Waals surface area contributed by atoms with Crippen LogP contribution in [-0.2, 0) is 4.79 Å². The van der Waals surface area contributed by atoms with Crippen LogP contribution in [0, 0.1) is 11.8 Å². The molecule has 2 aromatic rings. The summed E-state index contributed by atoms with van der Waals surface area (Å²) in [5.74, 6) is 2.50. The predicted octanol–water partition coefficient (Wildman–Crippen LogP) is 2.47. The van der Waals surface area contributed by atoms with Crippen LogP contribution in [0.3, 0.4) is 0 Å². The molecule has 1 aromatic heterocycles. The van der Waals surface area contributed by atoms with E-state index in [9.17, 15) is 4.79 Å². The highest BCUT2D eigenvalue weighted by molar-refractivity contribution is 5.78. The molecule has 5 nitrogen and oxygen atoms in total. The molecule has 3 aliphatic heterocycles. The van der Waals surface area contributed by atoms with Crippen LogP contribution in [0.1, 0.15) is 25.7 Å². The fraction of sp³-hybridized carbons (Fsp3) is 0.526. The largest absolute Gasteiger partial charge is 0.355 e. The summed E-state index contributed by atoms with van der Waals surface area (Å²) in [6.07, 6.45) is 6.13. The third kappa shape index (κ3) is 2.26. The van der Waals surface area contributed by atoms with Crippen molar-refractivity contribution in [2.75, 3.05) is 24.5 Å². The minimum absolute atomic E-state index is 0.375. The van der Waals surface area contributed by atoms with Gasteiger partial charge in [-0.1, -0.05) is 12.1 Å². The van der Waals surface area contributed by atoms with E-state index in [4.69, 9.17) is 4.98 Å². The number of rotatable bonds is 1. The first-order valence-corrected chi connectivity index (χ1v) is 9.04. The van der Waals surface area contributed by atoms with Gasteiger partial charge in [0.2, 0.25) is 5.91 Å². The van der Waals surface area contributed by atoms with Gasteiger partial charge >= 0.3 is 0 Å². The van der Waals surface area contributed by atoms with Crippen LogP contribution in [0.5, 0.6) is 0 Å². The average Bonchev–Trinajstić information content (AvgIpc) is 2.62. The highest BCUT2D eigenvalue weighted by Gasteiger charge is 2.44.